The van der Waals surface area contributed by atoms with E-state index in [4.69, 9.17) is 14.2 Å². The lowest BCUT2D eigenvalue weighted by Gasteiger charge is -2.32. The average Bonchev–Trinajstić information content (AvgIpc) is 2.94. The summed E-state index contributed by atoms with van der Waals surface area (Å²) in [5, 5.41) is 0. The van der Waals surface area contributed by atoms with Crippen molar-refractivity contribution in [2.24, 2.45) is 0 Å². The number of benzene rings is 1. The smallest absolute Gasteiger partial charge is 0.410 e. The minimum atomic E-state index is -0.494. The molecule has 0 bridgehead atoms. The van der Waals surface area contributed by atoms with Gasteiger partial charge in [-0.2, -0.15) is 0 Å². The summed E-state index contributed by atoms with van der Waals surface area (Å²) < 4.78 is 17.0. The van der Waals surface area contributed by atoms with Crippen molar-refractivity contribution in [2.75, 3.05) is 20.2 Å². The third-order valence-corrected chi connectivity index (χ3v) is 4.21. The van der Waals surface area contributed by atoms with Gasteiger partial charge in [-0.25, -0.2) is 4.79 Å². The molecule has 2 aliphatic heterocycles. The number of hydrogen-bond donors (Lipinski definition) is 0. The van der Waals surface area contributed by atoms with Gasteiger partial charge in [0.1, 0.15) is 11.7 Å². The van der Waals surface area contributed by atoms with Gasteiger partial charge in [-0.1, -0.05) is 12.1 Å². The lowest BCUT2D eigenvalue weighted by molar-refractivity contribution is -0.00228. The summed E-state index contributed by atoms with van der Waals surface area (Å²) >= 11 is 0. The number of ether oxygens (including phenoxy) is 3. The molecule has 2 heterocycles. The van der Waals surface area contributed by atoms with E-state index in [2.05, 4.69) is 12.1 Å². The molecule has 0 saturated carbocycles. The van der Waals surface area contributed by atoms with Crippen LogP contribution in [0, 0.1) is 0 Å². The van der Waals surface area contributed by atoms with E-state index in [1.165, 1.54) is 22.3 Å². The molecule has 0 aliphatic carbocycles. The third kappa shape index (κ3) is 3.51. The predicted molar refractivity (Wildman–Crippen MR) is 86.2 cm³/mol. The highest BCUT2D eigenvalue weighted by atomic mass is 16.6. The van der Waals surface area contributed by atoms with Gasteiger partial charge in [0.25, 0.3) is 0 Å². The van der Waals surface area contributed by atoms with Gasteiger partial charge >= 0.3 is 6.09 Å². The summed E-state index contributed by atoms with van der Waals surface area (Å²) in [6, 6.07) is 4.33. The highest BCUT2D eigenvalue weighted by molar-refractivity contribution is 5.67. The minimum absolute atomic E-state index is 0.118. The highest BCUT2D eigenvalue weighted by Gasteiger charge is 2.30. The molecule has 0 radical (unpaired) electrons. The number of fused-ring (bicyclic) bond motifs is 3. The molecule has 2 aliphatic rings. The van der Waals surface area contributed by atoms with E-state index in [1.54, 1.807) is 11.9 Å². The normalized spacial score (nSPS) is 19.9. The summed E-state index contributed by atoms with van der Waals surface area (Å²) in [6.07, 6.45) is 0.472. The van der Waals surface area contributed by atoms with Crippen molar-refractivity contribution in [1.82, 2.24) is 4.90 Å². The molecule has 126 valence electrons. The van der Waals surface area contributed by atoms with Crippen LogP contribution in [0.1, 0.15) is 49.1 Å². The zero-order valence-electron chi connectivity index (χ0n) is 14.3. The number of carbonyl (C=O) groups is 1. The Morgan fingerprint density at radius 1 is 1.30 bits per heavy atom. The summed E-state index contributed by atoms with van der Waals surface area (Å²) in [6.45, 7) is 8.07. The second kappa shape index (κ2) is 6.13. The van der Waals surface area contributed by atoms with E-state index in [-0.39, 0.29) is 12.2 Å². The van der Waals surface area contributed by atoms with Gasteiger partial charge in [-0.15, -0.1) is 0 Å². The van der Waals surface area contributed by atoms with Crippen molar-refractivity contribution in [3.05, 3.63) is 34.4 Å². The van der Waals surface area contributed by atoms with Crippen LogP contribution in [0.2, 0.25) is 0 Å². The molecule has 1 aromatic rings. The lowest BCUT2D eigenvalue weighted by Crippen LogP contribution is -2.38. The molecule has 3 rings (SSSR count). The van der Waals surface area contributed by atoms with E-state index >= 15 is 0 Å². The quantitative estimate of drug-likeness (QED) is 0.840. The van der Waals surface area contributed by atoms with Crippen LogP contribution in [0.5, 0.6) is 0 Å². The van der Waals surface area contributed by atoms with Crippen LogP contribution in [-0.4, -0.2) is 36.8 Å². The molecule has 5 heteroatoms. The molecule has 1 unspecified atom stereocenters. The lowest BCUT2D eigenvalue weighted by atomic mass is 9.90. The monoisotopic (exact) mass is 319 g/mol. The Morgan fingerprint density at radius 3 is 2.78 bits per heavy atom. The van der Waals surface area contributed by atoms with Crippen LogP contribution in [0.3, 0.4) is 0 Å². The fraction of sp³-hybridized carbons (Fsp3) is 0.611. The molecule has 1 aromatic carbocycles. The van der Waals surface area contributed by atoms with Crippen LogP contribution >= 0.6 is 0 Å². The molecule has 0 spiro atoms. The largest absolute Gasteiger partial charge is 0.444 e. The molecule has 23 heavy (non-hydrogen) atoms. The van der Waals surface area contributed by atoms with Gasteiger partial charge in [0.2, 0.25) is 0 Å². The molecule has 0 fully saturated rings. The first-order valence-electron chi connectivity index (χ1n) is 8.12. The van der Waals surface area contributed by atoms with Crippen LogP contribution in [0.15, 0.2) is 12.1 Å². The number of amides is 1. The van der Waals surface area contributed by atoms with E-state index in [9.17, 15) is 4.79 Å². The molecule has 0 aromatic heterocycles. The third-order valence-electron chi connectivity index (χ3n) is 4.21. The number of likely N-dealkylation sites (N-methyl/N-ethyl adjacent to an activating group) is 1. The second-order valence-corrected chi connectivity index (χ2v) is 7.24. The molecule has 1 amide bonds. The zero-order chi connectivity index (χ0) is 16.6. The van der Waals surface area contributed by atoms with Gasteiger partial charge in [0, 0.05) is 7.05 Å². The summed E-state index contributed by atoms with van der Waals surface area (Å²) in [4.78, 5) is 13.8. The van der Waals surface area contributed by atoms with E-state index < -0.39 is 5.60 Å². The summed E-state index contributed by atoms with van der Waals surface area (Å²) in [5.74, 6) is 0. The molecular weight excluding hydrogens is 294 g/mol. The molecule has 0 N–H and O–H groups in total. The standard InChI is InChI=1S/C18H25NO4/c1-18(2,3)23-17(20)19(4)9-15-16-12(7-8-22-15)5-6-13-10-21-11-14(13)16/h5-6,15H,7-11H2,1-4H3. The van der Waals surface area contributed by atoms with Crippen molar-refractivity contribution >= 4 is 6.09 Å². The zero-order valence-corrected chi connectivity index (χ0v) is 14.3. The Morgan fingerprint density at radius 2 is 2.04 bits per heavy atom. The van der Waals surface area contributed by atoms with Gasteiger partial charge in [0.05, 0.1) is 26.4 Å². The van der Waals surface area contributed by atoms with Gasteiger partial charge < -0.3 is 19.1 Å². The first kappa shape index (κ1) is 16.3. The Kier molecular flexibility index (Phi) is 4.34. The van der Waals surface area contributed by atoms with Crippen molar-refractivity contribution < 1.29 is 19.0 Å². The first-order valence-corrected chi connectivity index (χ1v) is 8.12. The first-order chi connectivity index (χ1) is 10.8. The fourth-order valence-corrected chi connectivity index (χ4v) is 3.15. The van der Waals surface area contributed by atoms with Gasteiger partial charge in [0.15, 0.2) is 0 Å². The predicted octanol–water partition coefficient (Wildman–Crippen LogP) is 3.20. The van der Waals surface area contributed by atoms with Crippen molar-refractivity contribution in [2.45, 2.75) is 52.1 Å². The summed E-state index contributed by atoms with van der Waals surface area (Å²) in [7, 11) is 1.76. The minimum Gasteiger partial charge on any atom is -0.444 e. The Hall–Kier alpha value is -1.59. The maximum Gasteiger partial charge on any atom is 0.410 e. The van der Waals surface area contributed by atoms with Crippen molar-refractivity contribution in [3.63, 3.8) is 0 Å². The van der Waals surface area contributed by atoms with Crippen LogP contribution in [0.25, 0.3) is 0 Å². The molecule has 1 atom stereocenters. The number of nitrogens with zero attached hydrogens (tertiary/aromatic N) is 1. The number of carbonyl (C=O) groups excluding carboxylic acids is 1. The van der Waals surface area contributed by atoms with E-state index in [1.807, 2.05) is 20.8 Å². The molecular formula is C18H25NO4. The molecule has 5 nitrogen and oxygen atoms in total. The average molecular weight is 319 g/mol. The van der Waals surface area contributed by atoms with Crippen LogP contribution in [-0.2, 0) is 33.8 Å². The number of rotatable bonds is 2. The van der Waals surface area contributed by atoms with Crippen molar-refractivity contribution in [1.29, 1.82) is 0 Å². The Bertz CT molecular complexity index is 606. The maximum absolute atomic E-state index is 12.2. The summed E-state index contributed by atoms with van der Waals surface area (Å²) in [5.41, 5.74) is 4.50. The topological polar surface area (TPSA) is 48.0 Å². The van der Waals surface area contributed by atoms with Gasteiger partial charge in [-0.3, -0.25) is 0 Å². The number of hydrogen-bond acceptors (Lipinski definition) is 4. The maximum atomic E-state index is 12.2. The van der Waals surface area contributed by atoms with E-state index in [0.717, 1.165) is 6.42 Å². The van der Waals surface area contributed by atoms with Gasteiger partial charge in [-0.05, 0) is 49.4 Å². The van der Waals surface area contributed by atoms with Crippen LogP contribution < -0.4 is 0 Å². The Labute approximate surface area is 137 Å². The fourth-order valence-electron chi connectivity index (χ4n) is 3.15. The molecule has 0 saturated heterocycles. The SMILES string of the molecule is CN(CC1OCCc2ccc3c(c21)COC3)C(=O)OC(C)(C)C. The highest BCUT2D eigenvalue weighted by Crippen LogP contribution is 2.36. The Balaban J connectivity index is 1.78. The van der Waals surface area contributed by atoms with E-state index in [0.29, 0.717) is 26.4 Å². The van der Waals surface area contributed by atoms with Crippen LogP contribution in [0.4, 0.5) is 4.79 Å². The second-order valence-electron chi connectivity index (χ2n) is 7.24. The van der Waals surface area contributed by atoms with Crippen molar-refractivity contribution in [3.8, 4) is 0 Å².